The number of nitrogens with zero attached hydrogens (tertiary/aromatic N) is 2. The molecule has 0 unspecified atom stereocenters. The minimum atomic E-state index is -0.176. The Hall–Kier alpha value is -1.90. The van der Waals surface area contributed by atoms with Crippen molar-refractivity contribution in [3.05, 3.63) is 53.1 Å². The maximum Gasteiger partial charge on any atom is 0.348 e. The van der Waals surface area contributed by atoms with Gasteiger partial charge in [0.15, 0.2) is 0 Å². The van der Waals surface area contributed by atoms with Gasteiger partial charge in [-0.3, -0.25) is 4.57 Å². The summed E-state index contributed by atoms with van der Waals surface area (Å²) in [5.41, 5.74) is 1.70. The molecule has 0 fully saturated rings. The summed E-state index contributed by atoms with van der Waals surface area (Å²) in [6, 6.07) is 7.86. The van der Waals surface area contributed by atoms with Gasteiger partial charge in [-0.1, -0.05) is 44.0 Å². The van der Waals surface area contributed by atoms with Crippen LogP contribution in [0.2, 0.25) is 0 Å². The van der Waals surface area contributed by atoms with Crippen molar-refractivity contribution in [1.29, 1.82) is 0 Å². The summed E-state index contributed by atoms with van der Waals surface area (Å²) in [6.07, 6.45) is 6.12. The summed E-state index contributed by atoms with van der Waals surface area (Å²) in [5, 5.41) is 1.08. The second-order valence-electron chi connectivity index (χ2n) is 4.71. The van der Waals surface area contributed by atoms with E-state index in [1.54, 1.807) is 10.6 Å². The van der Waals surface area contributed by atoms with Gasteiger partial charge in [0.25, 0.3) is 0 Å². The molecular weight excluding hydrogens is 236 g/mol. The molecule has 0 radical (unpaired) electrons. The van der Waals surface area contributed by atoms with E-state index in [2.05, 4.69) is 18.5 Å². The predicted octanol–water partition coefficient (Wildman–Crippen LogP) is 3.32. The van der Waals surface area contributed by atoms with Crippen molar-refractivity contribution in [3.63, 3.8) is 0 Å². The Morgan fingerprint density at radius 3 is 2.84 bits per heavy atom. The summed E-state index contributed by atoms with van der Waals surface area (Å²) < 4.78 is 1.74. The lowest BCUT2D eigenvalue weighted by atomic mass is 10.1. The van der Waals surface area contributed by atoms with Gasteiger partial charge in [-0.25, -0.2) is 4.79 Å². The first-order valence-electron chi connectivity index (χ1n) is 6.87. The van der Waals surface area contributed by atoms with Crippen LogP contribution in [-0.2, 0) is 13.0 Å². The molecule has 1 aromatic carbocycles. The summed E-state index contributed by atoms with van der Waals surface area (Å²) in [6.45, 7) is 6.44. The highest BCUT2D eigenvalue weighted by atomic mass is 16.1. The molecule has 2 rings (SSSR count). The fourth-order valence-corrected chi connectivity index (χ4v) is 2.37. The number of allylic oxidation sites excluding steroid dienone is 1. The molecule has 0 aliphatic carbocycles. The Morgan fingerprint density at radius 2 is 2.11 bits per heavy atom. The summed E-state index contributed by atoms with van der Waals surface area (Å²) in [7, 11) is 0. The highest BCUT2D eigenvalue weighted by Gasteiger charge is 2.09. The number of fused-ring (bicyclic) bond motifs is 1. The first-order valence-corrected chi connectivity index (χ1v) is 6.87. The first-order chi connectivity index (χ1) is 9.27. The van der Waals surface area contributed by atoms with Crippen LogP contribution in [0.3, 0.4) is 0 Å². The van der Waals surface area contributed by atoms with E-state index in [4.69, 9.17) is 0 Å². The van der Waals surface area contributed by atoms with Crippen LogP contribution in [-0.4, -0.2) is 9.55 Å². The van der Waals surface area contributed by atoms with E-state index >= 15 is 0 Å². The van der Waals surface area contributed by atoms with Crippen molar-refractivity contribution in [2.75, 3.05) is 0 Å². The molecule has 3 nitrogen and oxygen atoms in total. The summed E-state index contributed by atoms with van der Waals surface area (Å²) in [5.74, 6) is 0. The lowest BCUT2D eigenvalue weighted by molar-refractivity contribution is 0.648. The molecule has 0 saturated heterocycles. The van der Waals surface area contributed by atoms with E-state index in [1.165, 1.54) is 12.8 Å². The average molecular weight is 256 g/mol. The number of unbranched alkanes of at least 4 members (excludes halogenated alkanes) is 2. The molecule has 1 heterocycles. The van der Waals surface area contributed by atoms with Gasteiger partial charge in [-0.15, -0.1) is 6.58 Å². The molecule has 0 spiro atoms. The molecule has 0 aliphatic heterocycles. The zero-order chi connectivity index (χ0) is 13.7. The average Bonchev–Trinajstić information content (AvgIpc) is 2.42. The van der Waals surface area contributed by atoms with Gasteiger partial charge in [-0.05, 0) is 18.9 Å². The van der Waals surface area contributed by atoms with Gasteiger partial charge >= 0.3 is 5.69 Å². The Balaban J connectivity index is 2.55. The smallest absolute Gasteiger partial charge is 0.292 e. The SMILES string of the molecule is C=CCn1c(CCCCC)c2ccccc2nc1=O. The maximum atomic E-state index is 12.1. The van der Waals surface area contributed by atoms with E-state index in [0.29, 0.717) is 6.54 Å². The monoisotopic (exact) mass is 256 g/mol. The van der Waals surface area contributed by atoms with Crippen LogP contribution < -0.4 is 5.69 Å². The molecule has 0 atom stereocenters. The van der Waals surface area contributed by atoms with Crippen LogP contribution in [0.25, 0.3) is 10.9 Å². The number of para-hydroxylation sites is 1. The zero-order valence-electron chi connectivity index (χ0n) is 11.4. The van der Waals surface area contributed by atoms with Gasteiger partial charge in [0.05, 0.1) is 5.52 Å². The largest absolute Gasteiger partial charge is 0.348 e. The molecule has 0 amide bonds. The van der Waals surface area contributed by atoms with Crippen LogP contribution in [0.5, 0.6) is 0 Å². The van der Waals surface area contributed by atoms with Gasteiger partial charge in [0.2, 0.25) is 0 Å². The molecule has 2 aromatic rings. The number of hydrogen-bond acceptors (Lipinski definition) is 2. The number of hydrogen-bond donors (Lipinski definition) is 0. The van der Waals surface area contributed by atoms with Gasteiger partial charge in [0.1, 0.15) is 0 Å². The molecule has 3 heteroatoms. The highest BCUT2D eigenvalue weighted by Crippen LogP contribution is 2.17. The zero-order valence-corrected chi connectivity index (χ0v) is 11.4. The molecule has 0 bridgehead atoms. The molecule has 0 saturated carbocycles. The third-order valence-corrected chi connectivity index (χ3v) is 3.32. The quantitative estimate of drug-likeness (QED) is 0.587. The van der Waals surface area contributed by atoms with Crippen LogP contribution in [0.1, 0.15) is 31.9 Å². The van der Waals surface area contributed by atoms with E-state index in [1.807, 2.05) is 24.3 Å². The van der Waals surface area contributed by atoms with Crippen LogP contribution in [0.15, 0.2) is 41.7 Å². The topological polar surface area (TPSA) is 34.9 Å². The van der Waals surface area contributed by atoms with Gasteiger partial charge < -0.3 is 0 Å². The normalized spacial score (nSPS) is 10.8. The van der Waals surface area contributed by atoms with Crippen molar-refractivity contribution in [2.45, 2.75) is 39.2 Å². The molecular formula is C16H20N2O. The minimum Gasteiger partial charge on any atom is -0.292 e. The van der Waals surface area contributed by atoms with Crippen LogP contribution in [0.4, 0.5) is 0 Å². The van der Waals surface area contributed by atoms with Crippen molar-refractivity contribution >= 4 is 10.9 Å². The summed E-state index contributed by atoms with van der Waals surface area (Å²) >= 11 is 0. The molecule has 0 aliphatic rings. The van der Waals surface area contributed by atoms with Crippen molar-refractivity contribution in [1.82, 2.24) is 9.55 Å². The maximum absolute atomic E-state index is 12.1. The highest BCUT2D eigenvalue weighted by molar-refractivity contribution is 5.80. The summed E-state index contributed by atoms with van der Waals surface area (Å²) in [4.78, 5) is 16.2. The van der Waals surface area contributed by atoms with Crippen molar-refractivity contribution in [3.8, 4) is 0 Å². The number of benzene rings is 1. The third kappa shape index (κ3) is 2.92. The van der Waals surface area contributed by atoms with E-state index < -0.39 is 0 Å². The molecule has 100 valence electrons. The third-order valence-electron chi connectivity index (χ3n) is 3.32. The first kappa shape index (κ1) is 13.5. The molecule has 0 N–H and O–H groups in total. The Morgan fingerprint density at radius 1 is 1.32 bits per heavy atom. The number of aromatic nitrogens is 2. The minimum absolute atomic E-state index is 0.176. The fraction of sp³-hybridized carbons (Fsp3) is 0.375. The number of aryl methyl sites for hydroxylation is 1. The Labute approximate surface area is 113 Å². The van der Waals surface area contributed by atoms with Gasteiger partial charge in [-0.2, -0.15) is 4.98 Å². The fourth-order valence-electron chi connectivity index (χ4n) is 2.37. The van der Waals surface area contributed by atoms with Crippen LogP contribution in [0, 0.1) is 0 Å². The lowest BCUT2D eigenvalue weighted by Gasteiger charge is -2.13. The predicted molar refractivity (Wildman–Crippen MR) is 79.4 cm³/mol. The molecule has 19 heavy (non-hydrogen) atoms. The van der Waals surface area contributed by atoms with Crippen molar-refractivity contribution < 1.29 is 0 Å². The Kier molecular flexibility index (Phi) is 4.50. The second kappa shape index (κ2) is 6.32. The van der Waals surface area contributed by atoms with E-state index in [-0.39, 0.29) is 5.69 Å². The van der Waals surface area contributed by atoms with Crippen LogP contribution >= 0.6 is 0 Å². The van der Waals surface area contributed by atoms with E-state index in [0.717, 1.165) is 29.4 Å². The van der Waals surface area contributed by atoms with E-state index in [9.17, 15) is 4.79 Å². The molecule has 1 aromatic heterocycles. The van der Waals surface area contributed by atoms with Gasteiger partial charge in [0, 0.05) is 17.6 Å². The standard InChI is InChI=1S/C16H20N2O/c1-3-5-6-11-15-13-9-7-8-10-14(13)17-16(19)18(15)12-4-2/h4,7-10H,2-3,5-6,11-12H2,1H3. The second-order valence-corrected chi connectivity index (χ2v) is 4.71. The number of rotatable bonds is 6. The Bertz CT molecular complexity index is 628. The lowest BCUT2D eigenvalue weighted by Crippen LogP contribution is -2.26. The van der Waals surface area contributed by atoms with Crippen molar-refractivity contribution in [2.24, 2.45) is 0 Å².